The van der Waals surface area contributed by atoms with Crippen LogP contribution in [0.5, 0.6) is 0 Å². The number of benzene rings is 2. The number of nitrogens with one attached hydrogen (secondary N) is 2. The van der Waals surface area contributed by atoms with Crippen molar-refractivity contribution < 1.29 is 18.3 Å². The maximum Gasteiger partial charge on any atom is 0.241 e. The maximum atomic E-state index is 13.1. The Morgan fingerprint density at radius 3 is 2.18 bits per heavy atom. The lowest BCUT2D eigenvalue weighted by molar-refractivity contribution is -0.178. The molecule has 4 atom stereocenters. The van der Waals surface area contributed by atoms with Crippen molar-refractivity contribution in [3.8, 4) is 0 Å². The lowest BCUT2D eigenvalue weighted by atomic mass is 9.47. The van der Waals surface area contributed by atoms with Crippen LogP contribution in [0.3, 0.4) is 0 Å². The van der Waals surface area contributed by atoms with Gasteiger partial charge in [0.15, 0.2) is 0 Å². The number of carbonyl (C=O) groups excluding carboxylic acids is 1. The summed E-state index contributed by atoms with van der Waals surface area (Å²) in [6.07, 6.45) is 11.5. The first kappa shape index (κ1) is 28.4. The minimum atomic E-state index is -3.59. The molecule has 4 bridgehead atoms. The fourth-order valence-electron chi connectivity index (χ4n) is 8.00. The van der Waals surface area contributed by atoms with Gasteiger partial charge in [-0.1, -0.05) is 49.9 Å². The summed E-state index contributed by atoms with van der Waals surface area (Å²) in [7, 11) is 0.328. The summed E-state index contributed by atoms with van der Waals surface area (Å²) in [5.41, 5.74) is 0.0721. The van der Waals surface area contributed by atoms with Crippen LogP contribution in [0.25, 0.3) is 10.8 Å². The summed E-state index contributed by atoms with van der Waals surface area (Å²) in [6, 6.07) is 11.2. The van der Waals surface area contributed by atoms with Gasteiger partial charge < -0.3 is 15.3 Å². The summed E-state index contributed by atoms with van der Waals surface area (Å²) in [5, 5.41) is 15.8. The second-order valence-corrected chi connectivity index (χ2v) is 14.5. The molecular formula is C31H45N3O4S. The Kier molecular flexibility index (Phi) is 8.28. The van der Waals surface area contributed by atoms with E-state index in [9.17, 15) is 18.3 Å². The number of hydrogen-bond acceptors (Lipinski definition) is 5. The van der Waals surface area contributed by atoms with E-state index in [1.807, 2.05) is 43.3 Å². The monoisotopic (exact) mass is 555 g/mol. The van der Waals surface area contributed by atoms with E-state index in [0.717, 1.165) is 80.7 Å². The summed E-state index contributed by atoms with van der Waals surface area (Å²) in [4.78, 5) is 15.4. The standard InChI is InChI=1S/C31H45N3O4S/c1-34(2)27-13-9-12-26-25(27)11-10-14-28(26)39(37,38)33-16-8-6-4-3-5-7-15-32-29(35)30-18-23-17-24(19-30)21-31(36,20-23)22-30/h9-14,23-24,33,36H,3-8,15-22H2,1-2H3,(H,32,35)/t23-,24+,30?,31?. The molecule has 4 aliphatic rings. The molecule has 2 unspecified atom stereocenters. The molecule has 39 heavy (non-hydrogen) atoms. The molecule has 0 heterocycles. The van der Waals surface area contributed by atoms with Crippen molar-refractivity contribution in [3.63, 3.8) is 0 Å². The fourth-order valence-corrected chi connectivity index (χ4v) is 9.29. The van der Waals surface area contributed by atoms with Gasteiger partial charge in [-0.05, 0) is 75.3 Å². The highest BCUT2D eigenvalue weighted by Gasteiger charge is 2.60. The number of unbranched alkanes of at least 4 members (excludes halogenated alkanes) is 5. The van der Waals surface area contributed by atoms with Crippen LogP contribution in [-0.2, 0) is 14.8 Å². The van der Waals surface area contributed by atoms with Crippen LogP contribution in [-0.4, -0.2) is 52.2 Å². The Balaban J connectivity index is 0.981. The van der Waals surface area contributed by atoms with Crippen molar-refractivity contribution >= 4 is 32.4 Å². The van der Waals surface area contributed by atoms with Gasteiger partial charge in [0.1, 0.15) is 0 Å². The molecule has 4 fully saturated rings. The van der Waals surface area contributed by atoms with E-state index in [1.54, 1.807) is 12.1 Å². The first-order valence-electron chi connectivity index (χ1n) is 14.8. The lowest BCUT2D eigenvalue weighted by Gasteiger charge is -2.59. The predicted molar refractivity (Wildman–Crippen MR) is 156 cm³/mol. The topological polar surface area (TPSA) is 98.7 Å². The van der Waals surface area contributed by atoms with E-state index in [-0.39, 0.29) is 11.3 Å². The Bertz CT molecular complexity index is 1280. The Labute approximate surface area is 233 Å². The van der Waals surface area contributed by atoms with Gasteiger partial charge in [-0.15, -0.1) is 0 Å². The maximum absolute atomic E-state index is 13.1. The number of rotatable bonds is 13. The zero-order valence-electron chi connectivity index (χ0n) is 23.5. The smallest absolute Gasteiger partial charge is 0.241 e. The molecule has 2 aromatic carbocycles. The summed E-state index contributed by atoms with van der Waals surface area (Å²) >= 11 is 0. The molecule has 3 N–H and O–H groups in total. The minimum Gasteiger partial charge on any atom is -0.390 e. The van der Waals surface area contributed by atoms with Gasteiger partial charge in [0.2, 0.25) is 15.9 Å². The van der Waals surface area contributed by atoms with Crippen molar-refractivity contribution in [2.45, 2.75) is 87.5 Å². The normalized spacial score (nSPS) is 27.7. The first-order valence-corrected chi connectivity index (χ1v) is 16.3. The summed E-state index contributed by atoms with van der Waals surface area (Å²) in [6.45, 7) is 1.13. The molecule has 2 aromatic rings. The SMILES string of the molecule is CN(C)c1cccc2c(S(=O)(=O)NCCCCCCCCNC(=O)C34C[C@@H]5C[C@@H](CC(O)(C5)C3)C4)cccc12. The van der Waals surface area contributed by atoms with Gasteiger partial charge in [-0.3, -0.25) is 4.79 Å². The van der Waals surface area contributed by atoms with Gasteiger partial charge in [-0.2, -0.15) is 0 Å². The van der Waals surface area contributed by atoms with E-state index in [2.05, 4.69) is 10.0 Å². The molecule has 4 aliphatic carbocycles. The van der Waals surface area contributed by atoms with Crippen LogP contribution >= 0.6 is 0 Å². The van der Waals surface area contributed by atoms with Crippen molar-refractivity contribution in [1.29, 1.82) is 0 Å². The molecule has 1 amide bonds. The van der Waals surface area contributed by atoms with Crippen LogP contribution in [0.1, 0.15) is 77.0 Å². The number of carbonyl (C=O) groups is 1. The second-order valence-electron chi connectivity index (χ2n) is 12.8. The molecule has 4 saturated carbocycles. The molecule has 8 heteroatoms. The molecule has 0 aromatic heterocycles. The first-order chi connectivity index (χ1) is 18.6. The molecule has 0 radical (unpaired) electrons. The van der Waals surface area contributed by atoms with Crippen LogP contribution in [0.4, 0.5) is 5.69 Å². The van der Waals surface area contributed by atoms with E-state index in [1.165, 1.54) is 6.42 Å². The largest absolute Gasteiger partial charge is 0.390 e. The number of nitrogens with zero attached hydrogens (tertiary/aromatic N) is 1. The van der Waals surface area contributed by atoms with Crippen molar-refractivity contribution in [2.24, 2.45) is 17.3 Å². The average molecular weight is 556 g/mol. The van der Waals surface area contributed by atoms with Crippen LogP contribution in [0.15, 0.2) is 41.3 Å². The molecule has 0 aliphatic heterocycles. The summed E-state index contributed by atoms with van der Waals surface area (Å²) < 4.78 is 28.9. The van der Waals surface area contributed by atoms with E-state index in [0.29, 0.717) is 36.2 Å². The number of anilines is 1. The third-order valence-electron chi connectivity index (χ3n) is 9.32. The van der Waals surface area contributed by atoms with Gasteiger partial charge in [0, 0.05) is 43.6 Å². The Morgan fingerprint density at radius 2 is 1.51 bits per heavy atom. The number of sulfonamides is 1. The quantitative estimate of drug-likeness (QED) is 0.303. The van der Waals surface area contributed by atoms with Gasteiger partial charge in [0.05, 0.1) is 15.9 Å². The van der Waals surface area contributed by atoms with Crippen LogP contribution in [0.2, 0.25) is 0 Å². The Morgan fingerprint density at radius 1 is 0.897 bits per heavy atom. The van der Waals surface area contributed by atoms with Crippen molar-refractivity contribution in [1.82, 2.24) is 10.0 Å². The minimum absolute atomic E-state index is 0.173. The van der Waals surface area contributed by atoms with Gasteiger partial charge in [0.25, 0.3) is 0 Å². The van der Waals surface area contributed by atoms with Crippen molar-refractivity contribution in [2.75, 3.05) is 32.1 Å². The third kappa shape index (κ3) is 6.13. The highest BCUT2D eigenvalue weighted by Crippen LogP contribution is 2.61. The molecule has 7 nitrogen and oxygen atoms in total. The van der Waals surface area contributed by atoms with Gasteiger partial charge in [-0.25, -0.2) is 13.1 Å². The highest BCUT2D eigenvalue weighted by molar-refractivity contribution is 7.89. The fraction of sp³-hybridized carbons (Fsp3) is 0.645. The zero-order valence-corrected chi connectivity index (χ0v) is 24.4. The molecule has 0 spiro atoms. The number of aliphatic hydroxyl groups is 1. The molecule has 6 rings (SSSR count). The molecule has 214 valence electrons. The highest BCUT2D eigenvalue weighted by atomic mass is 32.2. The zero-order chi connectivity index (χ0) is 27.7. The predicted octanol–water partition coefficient (Wildman–Crippen LogP) is 4.97. The molecular weight excluding hydrogens is 510 g/mol. The number of hydrogen-bond donors (Lipinski definition) is 3. The lowest BCUT2D eigenvalue weighted by Crippen LogP contribution is -2.60. The second kappa shape index (κ2) is 11.4. The summed E-state index contributed by atoms with van der Waals surface area (Å²) in [5.74, 6) is 1.22. The van der Waals surface area contributed by atoms with Crippen LogP contribution in [0, 0.1) is 17.3 Å². The Hall–Kier alpha value is -2.16. The van der Waals surface area contributed by atoms with E-state index in [4.69, 9.17) is 0 Å². The van der Waals surface area contributed by atoms with Crippen molar-refractivity contribution in [3.05, 3.63) is 36.4 Å². The molecule has 0 saturated heterocycles. The number of amides is 1. The third-order valence-corrected chi connectivity index (χ3v) is 10.8. The van der Waals surface area contributed by atoms with Gasteiger partial charge >= 0.3 is 0 Å². The van der Waals surface area contributed by atoms with Crippen LogP contribution < -0.4 is 14.9 Å². The average Bonchev–Trinajstić information content (AvgIpc) is 2.87. The number of fused-ring (bicyclic) bond motifs is 1. The van der Waals surface area contributed by atoms with E-state index >= 15 is 0 Å². The van der Waals surface area contributed by atoms with E-state index < -0.39 is 15.6 Å².